The second-order valence-corrected chi connectivity index (χ2v) is 6.25. The van der Waals surface area contributed by atoms with Crippen LogP contribution in [0.1, 0.15) is 29.7 Å². The molecule has 0 saturated carbocycles. The molecule has 0 amide bonds. The Hall–Kier alpha value is -1.03. The summed E-state index contributed by atoms with van der Waals surface area (Å²) in [5, 5.41) is 4.07. The zero-order valence-corrected chi connectivity index (χ0v) is 14.8. The molecule has 1 unspecified atom stereocenters. The Kier molecular flexibility index (Phi) is 5.68. The van der Waals surface area contributed by atoms with E-state index in [1.807, 2.05) is 32.2 Å². The van der Waals surface area contributed by atoms with Gasteiger partial charge in [0, 0.05) is 15.1 Å². The Bertz CT molecular complexity index is 610. The van der Waals surface area contributed by atoms with Crippen molar-refractivity contribution < 1.29 is 4.74 Å². The maximum absolute atomic E-state index is 6.18. The van der Waals surface area contributed by atoms with Crippen LogP contribution in [0.25, 0.3) is 0 Å². The molecule has 2 rings (SSSR count). The van der Waals surface area contributed by atoms with E-state index in [2.05, 4.69) is 46.4 Å². The summed E-state index contributed by atoms with van der Waals surface area (Å²) < 4.78 is 6.74. The number of rotatable bonds is 5. The lowest BCUT2D eigenvalue weighted by Crippen LogP contribution is -2.19. The van der Waals surface area contributed by atoms with Gasteiger partial charge in [0.2, 0.25) is 0 Å². The summed E-state index contributed by atoms with van der Waals surface area (Å²) in [5.41, 5.74) is 3.42. The normalized spacial score (nSPS) is 12.2. The van der Waals surface area contributed by atoms with E-state index >= 15 is 0 Å². The highest BCUT2D eigenvalue weighted by Gasteiger charge is 2.18. The minimum absolute atomic E-state index is 0.0291. The van der Waals surface area contributed by atoms with Crippen molar-refractivity contribution in [3.05, 3.63) is 62.6 Å². The monoisotopic (exact) mass is 367 g/mol. The molecule has 0 heterocycles. The van der Waals surface area contributed by atoms with Crippen molar-refractivity contribution in [3.8, 4) is 5.75 Å². The number of halogens is 2. The lowest BCUT2D eigenvalue weighted by atomic mass is 9.96. The van der Waals surface area contributed by atoms with Gasteiger partial charge in [-0.15, -0.1) is 0 Å². The van der Waals surface area contributed by atoms with Gasteiger partial charge in [0.05, 0.1) is 12.6 Å². The van der Waals surface area contributed by atoms with Crippen LogP contribution < -0.4 is 10.1 Å². The van der Waals surface area contributed by atoms with Crippen LogP contribution in [-0.2, 0) is 0 Å². The average molecular weight is 369 g/mol. The third-order valence-corrected chi connectivity index (χ3v) is 3.96. The smallest absolute Gasteiger partial charge is 0.124 e. The van der Waals surface area contributed by atoms with Gasteiger partial charge in [0.1, 0.15) is 5.75 Å². The molecule has 0 radical (unpaired) electrons. The minimum Gasteiger partial charge on any atom is -0.494 e. The van der Waals surface area contributed by atoms with Crippen LogP contribution in [0, 0.1) is 6.92 Å². The van der Waals surface area contributed by atoms with Crippen molar-refractivity contribution in [2.75, 3.05) is 13.7 Å². The molecule has 2 nitrogen and oxygen atoms in total. The van der Waals surface area contributed by atoms with Gasteiger partial charge < -0.3 is 10.1 Å². The van der Waals surface area contributed by atoms with Crippen LogP contribution in [-0.4, -0.2) is 13.7 Å². The van der Waals surface area contributed by atoms with E-state index < -0.39 is 0 Å². The summed E-state index contributed by atoms with van der Waals surface area (Å²) in [6.45, 7) is 4.72. The lowest BCUT2D eigenvalue weighted by Gasteiger charge is -2.21. The number of ether oxygens (including phenoxy) is 1. The fourth-order valence-electron chi connectivity index (χ4n) is 2.42. The second kappa shape index (κ2) is 7.30. The van der Waals surface area contributed by atoms with E-state index in [0.29, 0.717) is 11.6 Å². The number of aryl methyl sites for hydroxylation is 1. The Morgan fingerprint density at radius 2 is 2.00 bits per heavy atom. The SMILES string of the molecule is CCOc1ccc(C)cc1C(NC)c1cc(Cl)cc(Br)c1. The molecule has 0 saturated heterocycles. The Balaban J connectivity index is 2.52. The van der Waals surface area contributed by atoms with Crippen molar-refractivity contribution in [2.45, 2.75) is 19.9 Å². The first-order valence-electron chi connectivity index (χ1n) is 6.91. The minimum atomic E-state index is 0.0291. The molecular weight excluding hydrogens is 350 g/mol. The number of benzene rings is 2. The summed E-state index contributed by atoms with van der Waals surface area (Å²) in [6, 6.07) is 12.2. The van der Waals surface area contributed by atoms with E-state index in [1.165, 1.54) is 5.56 Å². The predicted molar refractivity (Wildman–Crippen MR) is 92.4 cm³/mol. The maximum atomic E-state index is 6.18. The Labute approximate surface area is 139 Å². The first-order valence-corrected chi connectivity index (χ1v) is 8.08. The highest BCUT2D eigenvalue weighted by Crippen LogP contribution is 2.33. The predicted octanol–water partition coefficient (Wildman–Crippen LogP) is 5.12. The third kappa shape index (κ3) is 4.00. The van der Waals surface area contributed by atoms with Gasteiger partial charge in [-0.05, 0) is 50.7 Å². The largest absolute Gasteiger partial charge is 0.494 e. The van der Waals surface area contributed by atoms with Crippen LogP contribution in [0.4, 0.5) is 0 Å². The van der Waals surface area contributed by atoms with Crippen molar-refractivity contribution in [1.82, 2.24) is 5.32 Å². The lowest BCUT2D eigenvalue weighted by molar-refractivity contribution is 0.334. The van der Waals surface area contributed by atoms with E-state index in [4.69, 9.17) is 16.3 Å². The molecule has 0 aliphatic heterocycles. The number of nitrogens with one attached hydrogen (secondary N) is 1. The van der Waals surface area contributed by atoms with Crippen LogP contribution in [0.5, 0.6) is 5.75 Å². The molecule has 0 aromatic heterocycles. The van der Waals surface area contributed by atoms with Crippen molar-refractivity contribution in [1.29, 1.82) is 0 Å². The molecule has 0 aliphatic rings. The van der Waals surface area contributed by atoms with E-state index in [1.54, 1.807) is 0 Å². The number of hydrogen-bond acceptors (Lipinski definition) is 2. The standard InChI is InChI=1S/C17H19BrClNO/c1-4-21-16-6-5-11(2)7-15(16)17(20-3)12-8-13(18)10-14(19)9-12/h5-10,17,20H,4H2,1-3H3. The topological polar surface area (TPSA) is 21.3 Å². The molecule has 2 aromatic carbocycles. The highest BCUT2D eigenvalue weighted by atomic mass is 79.9. The summed E-state index contributed by atoms with van der Waals surface area (Å²) in [7, 11) is 1.94. The molecule has 2 aromatic rings. The van der Waals surface area contributed by atoms with Crippen molar-refractivity contribution in [2.24, 2.45) is 0 Å². The van der Waals surface area contributed by atoms with Gasteiger partial charge in [-0.3, -0.25) is 0 Å². The summed E-state index contributed by atoms with van der Waals surface area (Å²) in [4.78, 5) is 0. The number of hydrogen-bond donors (Lipinski definition) is 1. The third-order valence-electron chi connectivity index (χ3n) is 3.28. The summed E-state index contributed by atoms with van der Waals surface area (Å²) in [5.74, 6) is 0.901. The molecular formula is C17H19BrClNO. The fraction of sp³-hybridized carbons (Fsp3) is 0.294. The van der Waals surface area contributed by atoms with E-state index in [-0.39, 0.29) is 6.04 Å². The van der Waals surface area contributed by atoms with Crippen molar-refractivity contribution >= 4 is 27.5 Å². The molecule has 21 heavy (non-hydrogen) atoms. The quantitative estimate of drug-likeness (QED) is 0.791. The first-order chi connectivity index (χ1) is 10.0. The van der Waals surface area contributed by atoms with Gasteiger partial charge in [-0.25, -0.2) is 0 Å². The summed E-state index contributed by atoms with van der Waals surface area (Å²) in [6.07, 6.45) is 0. The van der Waals surface area contributed by atoms with E-state index in [0.717, 1.165) is 21.3 Å². The second-order valence-electron chi connectivity index (χ2n) is 4.90. The van der Waals surface area contributed by atoms with Gasteiger partial charge in [0.25, 0.3) is 0 Å². The maximum Gasteiger partial charge on any atom is 0.124 e. The average Bonchev–Trinajstić information content (AvgIpc) is 2.41. The molecule has 0 aliphatic carbocycles. The molecule has 0 spiro atoms. The molecule has 4 heteroatoms. The van der Waals surface area contributed by atoms with Crippen LogP contribution in [0.15, 0.2) is 40.9 Å². The van der Waals surface area contributed by atoms with Gasteiger partial charge in [-0.2, -0.15) is 0 Å². The Morgan fingerprint density at radius 3 is 2.62 bits per heavy atom. The molecule has 0 fully saturated rings. The highest BCUT2D eigenvalue weighted by molar-refractivity contribution is 9.10. The zero-order valence-electron chi connectivity index (χ0n) is 12.4. The van der Waals surface area contributed by atoms with Crippen LogP contribution >= 0.6 is 27.5 Å². The van der Waals surface area contributed by atoms with Gasteiger partial charge in [0.15, 0.2) is 0 Å². The van der Waals surface area contributed by atoms with Crippen LogP contribution in [0.3, 0.4) is 0 Å². The molecule has 0 bridgehead atoms. The fourth-order valence-corrected chi connectivity index (χ4v) is 3.31. The van der Waals surface area contributed by atoms with E-state index in [9.17, 15) is 0 Å². The molecule has 1 atom stereocenters. The zero-order chi connectivity index (χ0) is 15.4. The van der Waals surface area contributed by atoms with Gasteiger partial charge >= 0.3 is 0 Å². The Morgan fingerprint density at radius 1 is 1.24 bits per heavy atom. The molecule has 1 N–H and O–H groups in total. The molecule has 112 valence electrons. The van der Waals surface area contributed by atoms with Crippen molar-refractivity contribution in [3.63, 3.8) is 0 Å². The van der Waals surface area contributed by atoms with Crippen LogP contribution in [0.2, 0.25) is 5.02 Å². The van der Waals surface area contributed by atoms with Gasteiger partial charge in [-0.1, -0.05) is 45.2 Å². The first kappa shape index (κ1) is 16.3. The summed E-state index contributed by atoms with van der Waals surface area (Å²) >= 11 is 9.69.